The monoisotopic (exact) mass is 348 g/mol. The van der Waals surface area contributed by atoms with Crippen LogP contribution in [0, 0.1) is 19.3 Å². The summed E-state index contributed by atoms with van der Waals surface area (Å²) in [5.74, 6) is 0.632. The smallest absolute Gasteiger partial charge is 0.128 e. The van der Waals surface area contributed by atoms with Crippen LogP contribution in [0.3, 0.4) is 0 Å². The molecule has 0 amide bonds. The number of hydrogen-bond acceptors (Lipinski definition) is 1. The average molecular weight is 349 g/mol. The highest BCUT2D eigenvalue weighted by atomic mass is 15.1. The van der Waals surface area contributed by atoms with Gasteiger partial charge in [-0.25, -0.2) is 0 Å². The van der Waals surface area contributed by atoms with Crippen molar-refractivity contribution in [3.05, 3.63) is 69.3 Å². The second-order valence-electron chi connectivity index (χ2n) is 7.85. The van der Waals surface area contributed by atoms with E-state index in [1.807, 2.05) is 11.9 Å². The van der Waals surface area contributed by atoms with E-state index >= 15 is 0 Å². The van der Waals surface area contributed by atoms with Gasteiger partial charge < -0.3 is 4.90 Å². The first-order valence-corrected chi connectivity index (χ1v) is 10.0. The van der Waals surface area contributed by atoms with Crippen molar-refractivity contribution in [3.63, 3.8) is 0 Å². The molecular formula is C24H32N2. The molecular weight excluding hydrogens is 316 g/mol. The third-order valence-corrected chi connectivity index (χ3v) is 5.69. The predicted octanol–water partition coefficient (Wildman–Crippen LogP) is 5.44. The van der Waals surface area contributed by atoms with E-state index in [-0.39, 0.29) is 0 Å². The SMILES string of the molecule is CCCN(C)C(=N)c1cc(C)c(Cc2ccc3c(c2)CCCC3)cc1C. The van der Waals surface area contributed by atoms with Gasteiger partial charge in [-0.15, -0.1) is 0 Å². The topological polar surface area (TPSA) is 27.1 Å². The Balaban J connectivity index is 1.83. The van der Waals surface area contributed by atoms with Crippen molar-refractivity contribution in [3.8, 4) is 0 Å². The fourth-order valence-corrected chi connectivity index (χ4v) is 4.09. The molecule has 2 nitrogen and oxygen atoms in total. The van der Waals surface area contributed by atoms with Gasteiger partial charge in [-0.2, -0.15) is 0 Å². The molecule has 0 saturated heterocycles. The van der Waals surface area contributed by atoms with Gasteiger partial charge in [0.05, 0.1) is 0 Å². The molecule has 0 spiro atoms. The molecule has 0 bridgehead atoms. The van der Waals surface area contributed by atoms with Crippen molar-refractivity contribution in [1.82, 2.24) is 4.90 Å². The lowest BCUT2D eigenvalue weighted by atomic mass is 9.88. The summed E-state index contributed by atoms with van der Waals surface area (Å²) in [6.45, 7) is 7.40. The van der Waals surface area contributed by atoms with Gasteiger partial charge in [0.2, 0.25) is 0 Å². The lowest BCUT2D eigenvalue weighted by Crippen LogP contribution is -2.28. The second kappa shape index (κ2) is 8.07. The first-order chi connectivity index (χ1) is 12.5. The van der Waals surface area contributed by atoms with Gasteiger partial charge in [-0.05, 0) is 91.8 Å². The normalized spacial score (nSPS) is 13.4. The summed E-state index contributed by atoms with van der Waals surface area (Å²) in [7, 11) is 2.02. The average Bonchev–Trinajstić information content (AvgIpc) is 2.64. The van der Waals surface area contributed by atoms with Crippen molar-refractivity contribution in [1.29, 1.82) is 5.41 Å². The van der Waals surface area contributed by atoms with Crippen LogP contribution in [0.25, 0.3) is 0 Å². The molecule has 0 saturated carbocycles. The van der Waals surface area contributed by atoms with E-state index in [1.54, 1.807) is 11.1 Å². The number of rotatable bonds is 5. The lowest BCUT2D eigenvalue weighted by Gasteiger charge is -2.22. The largest absolute Gasteiger partial charge is 0.360 e. The number of aryl methyl sites for hydroxylation is 4. The molecule has 0 heterocycles. The number of nitrogens with zero attached hydrogens (tertiary/aromatic N) is 1. The third kappa shape index (κ3) is 4.00. The molecule has 0 fully saturated rings. The van der Waals surface area contributed by atoms with Crippen LogP contribution in [0.2, 0.25) is 0 Å². The number of nitrogens with one attached hydrogen (secondary N) is 1. The van der Waals surface area contributed by atoms with Gasteiger partial charge in [-0.3, -0.25) is 5.41 Å². The summed E-state index contributed by atoms with van der Waals surface area (Å²) >= 11 is 0. The van der Waals surface area contributed by atoms with Crippen molar-refractivity contribution in [2.45, 2.75) is 59.3 Å². The molecule has 0 aromatic heterocycles. The Hall–Kier alpha value is -2.09. The summed E-state index contributed by atoms with van der Waals surface area (Å²) in [6.07, 6.45) is 7.20. The van der Waals surface area contributed by atoms with Gasteiger partial charge in [-0.1, -0.05) is 31.2 Å². The highest BCUT2D eigenvalue weighted by molar-refractivity contribution is 5.97. The Kier molecular flexibility index (Phi) is 5.80. The minimum absolute atomic E-state index is 0.632. The second-order valence-corrected chi connectivity index (χ2v) is 7.85. The van der Waals surface area contributed by atoms with Crippen LogP contribution >= 0.6 is 0 Å². The number of hydrogen-bond donors (Lipinski definition) is 1. The standard InChI is InChI=1S/C24H32N2/c1-5-12-26(4)24(25)23-14-17(2)22(13-18(23)3)16-19-10-11-20-8-6-7-9-21(20)15-19/h10-11,13-15,25H,5-9,12,16H2,1-4H3. The van der Waals surface area contributed by atoms with Crippen molar-refractivity contribution in [2.75, 3.05) is 13.6 Å². The number of amidine groups is 1. The maximum atomic E-state index is 8.50. The molecule has 0 aliphatic heterocycles. The van der Waals surface area contributed by atoms with E-state index in [4.69, 9.17) is 5.41 Å². The van der Waals surface area contributed by atoms with E-state index < -0.39 is 0 Å². The molecule has 0 unspecified atom stereocenters. The molecule has 2 aromatic rings. The molecule has 2 aromatic carbocycles. The molecule has 1 aliphatic carbocycles. The zero-order valence-electron chi connectivity index (χ0n) is 16.8. The third-order valence-electron chi connectivity index (χ3n) is 5.69. The van der Waals surface area contributed by atoms with Crippen molar-refractivity contribution >= 4 is 5.84 Å². The van der Waals surface area contributed by atoms with Crippen molar-refractivity contribution in [2.24, 2.45) is 0 Å². The highest BCUT2D eigenvalue weighted by Gasteiger charge is 2.14. The maximum Gasteiger partial charge on any atom is 0.128 e. The molecule has 2 heteroatoms. The summed E-state index contributed by atoms with van der Waals surface area (Å²) in [5, 5.41) is 8.50. The first kappa shape index (κ1) is 18.7. The van der Waals surface area contributed by atoms with Crippen LogP contribution in [0.1, 0.15) is 65.1 Å². The van der Waals surface area contributed by atoms with Crippen LogP contribution in [0.4, 0.5) is 0 Å². The van der Waals surface area contributed by atoms with Gasteiger partial charge in [0.25, 0.3) is 0 Å². The molecule has 3 rings (SSSR count). The Labute approximate surface area is 158 Å². The number of benzene rings is 2. The van der Waals surface area contributed by atoms with Crippen LogP contribution in [-0.4, -0.2) is 24.3 Å². The van der Waals surface area contributed by atoms with E-state index in [0.29, 0.717) is 5.84 Å². The van der Waals surface area contributed by atoms with Crippen LogP contribution in [0.5, 0.6) is 0 Å². The summed E-state index contributed by atoms with van der Waals surface area (Å²) in [4.78, 5) is 2.05. The van der Waals surface area contributed by atoms with Crippen LogP contribution in [-0.2, 0) is 19.3 Å². The van der Waals surface area contributed by atoms with E-state index in [9.17, 15) is 0 Å². The van der Waals surface area contributed by atoms with E-state index in [0.717, 1.165) is 24.9 Å². The fraction of sp³-hybridized carbons (Fsp3) is 0.458. The van der Waals surface area contributed by atoms with E-state index in [2.05, 4.69) is 51.1 Å². The first-order valence-electron chi connectivity index (χ1n) is 10.0. The van der Waals surface area contributed by atoms with Gasteiger partial charge in [0.1, 0.15) is 5.84 Å². The van der Waals surface area contributed by atoms with Crippen LogP contribution in [0.15, 0.2) is 30.3 Å². The molecule has 1 N–H and O–H groups in total. The molecule has 0 atom stereocenters. The molecule has 138 valence electrons. The van der Waals surface area contributed by atoms with Gasteiger partial charge in [0, 0.05) is 19.2 Å². The molecule has 0 radical (unpaired) electrons. The maximum absolute atomic E-state index is 8.50. The zero-order chi connectivity index (χ0) is 18.7. The molecule has 1 aliphatic rings. The predicted molar refractivity (Wildman–Crippen MR) is 112 cm³/mol. The Morgan fingerprint density at radius 3 is 2.46 bits per heavy atom. The minimum Gasteiger partial charge on any atom is -0.360 e. The summed E-state index contributed by atoms with van der Waals surface area (Å²) in [5.41, 5.74) is 9.47. The highest BCUT2D eigenvalue weighted by Crippen LogP contribution is 2.25. The Bertz CT molecular complexity index is 804. The number of fused-ring (bicyclic) bond motifs is 1. The summed E-state index contributed by atoms with van der Waals surface area (Å²) in [6, 6.07) is 11.6. The fourth-order valence-electron chi connectivity index (χ4n) is 4.09. The lowest BCUT2D eigenvalue weighted by molar-refractivity contribution is 0.498. The minimum atomic E-state index is 0.632. The zero-order valence-corrected chi connectivity index (χ0v) is 16.8. The molecule has 26 heavy (non-hydrogen) atoms. The Morgan fingerprint density at radius 2 is 1.73 bits per heavy atom. The quantitative estimate of drug-likeness (QED) is 0.565. The van der Waals surface area contributed by atoms with Crippen molar-refractivity contribution < 1.29 is 0 Å². The van der Waals surface area contributed by atoms with Gasteiger partial charge >= 0.3 is 0 Å². The Morgan fingerprint density at radius 1 is 1.00 bits per heavy atom. The van der Waals surface area contributed by atoms with Gasteiger partial charge in [0.15, 0.2) is 0 Å². The van der Waals surface area contributed by atoms with E-state index in [1.165, 1.54) is 47.9 Å². The van der Waals surface area contributed by atoms with Crippen LogP contribution < -0.4 is 0 Å². The summed E-state index contributed by atoms with van der Waals surface area (Å²) < 4.78 is 0.